The molecule has 2 amide bonds. The van der Waals surface area contributed by atoms with Crippen molar-refractivity contribution in [2.24, 2.45) is 0 Å². The summed E-state index contributed by atoms with van der Waals surface area (Å²) in [5.41, 5.74) is 1.75. The van der Waals surface area contributed by atoms with Crippen molar-refractivity contribution in [3.8, 4) is 0 Å². The number of aliphatic hydroxyl groups is 1. The molecule has 0 aliphatic carbocycles. The summed E-state index contributed by atoms with van der Waals surface area (Å²) < 4.78 is 0. The number of benzene rings is 1. The monoisotopic (exact) mass is 318 g/mol. The third kappa shape index (κ3) is 4.32. The summed E-state index contributed by atoms with van der Waals surface area (Å²) in [5.74, 6) is -0.389. The molecule has 2 N–H and O–H groups in total. The second-order valence-corrected chi connectivity index (χ2v) is 7.08. The molecule has 0 spiro atoms. The lowest BCUT2D eigenvalue weighted by Gasteiger charge is -2.23. The molecule has 1 fully saturated rings. The molecule has 1 saturated heterocycles. The first-order chi connectivity index (χ1) is 10.8. The van der Waals surface area contributed by atoms with Crippen LogP contribution >= 0.6 is 0 Å². The van der Waals surface area contributed by atoms with E-state index >= 15 is 0 Å². The smallest absolute Gasteiger partial charge is 0.251 e. The second-order valence-electron chi connectivity index (χ2n) is 7.08. The number of hydrogen-bond donors (Lipinski definition) is 2. The van der Waals surface area contributed by atoms with Crippen LogP contribution in [-0.2, 0) is 10.2 Å². The molecule has 1 aromatic rings. The van der Waals surface area contributed by atoms with Gasteiger partial charge in [-0.3, -0.25) is 9.59 Å². The van der Waals surface area contributed by atoms with E-state index in [-0.39, 0.29) is 36.4 Å². The van der Waals surface area contributed by atoms with Gasteiger partial charge in [0.15, 0.2) is 0 Å². The van der Waals surface area contributed by atoms with E-state index in [1.165, 1.54) is 0 Å². The van der Waals surface area contributed by atoms with Crippen molar-refractivity contribution < 1.29 is 14.7 Å². The zero-order chi connectivity index (χ0) is 17.0. The quantitative estimate of drug-likeness (QED) is 0.888. The summed E-state index contributed by atoms with van der Waals surface area (Å²) >= 11 is 0. The van der Waals surface area contributed by atoms with E-state index < -0.39 is 0 Å². The van der Waals surface area contributed by atoms with E-state index in [9.17, 15) is 14.7 Å². The molecule has 1 heterocycles. The van der Waals surface area contributed by atoms with Gasteiger partial charge in [-0.15, -0.1) is 0 Å². The number of hydrogen-bond acceptors (Lipinski definition) is 3. The van der Waals surface area contributed by atoms with Gasteiger partial charge in [0.25, 0.3) is 5.91 Å². The number of nitrogens with one attached hydrogen (secondary N) is 1. The maximum Gasteiger partial charge on any atom is 0.251 e. The van der Waals surface area contributed by atoms with E-state index in [0.29, 0.717) is 12.1 Å². The third-order valence-corrected chi connectivity index (χ3v) is 4.32. The maximum absolute atomic E-state index is 12.1. The zero-order valence-corrected chi connectivity index (χ0v) is 14.1. The van der Waals surface area contributed by atoms with Crippen LogP contribution in [0.25, 0.3) is 0 Å². The molecule has 2 rings (SSSR count). The number of rotatable bonds is 4. The van der Waals surface area contributed by atoms with Crippen molar-refractivity contribution in [2.75, 3.05) is 19.7 Å². The average Bonchev–Trinajstić information content (AvgIpc) is 3.00. The van der Waals surface area contributed by atoms with Crippen LogP contribution in [-0.4, -0.2) is 47.6 Å². The molecule has 5 heteroatoms. The predicted octanol–water partition coefficient (Wildman–Crippen LogP) is 1.70. The Morgan fingerprint density at radius 3 is 2.48 bits per heavy atom. The first-order valence-corrected chi connectivity index (χ1v) is 8.12. The van der Waals surface area contributed by atoms with Gasteiger partial charge >= 0.3 is 0 Å². The van der Waals surface area contributed by atoms with Crippen molar-refractivity contribution >= 4 is 11.8 Å². The van der Waals surface area contributed by atoms with Crippen LogP contribution in [0.3, 0.4) is 0 Å². The molecule has 1 atom stereocenters. The van der Waals surface area contributed by atoms with Crippen LogP contribution in [0, 0.1) is 0 Å². The van der Waals surface area contributed by atoms with Crippen LogP contribution in [0.5, 0.6) is 0 Å². The molecule has 0 bridgehead atoms. The number of amides is 2. The SMILES string of the molecule is CC(C)(C)c1ccc(C(=O)NCC(=O)N2CCC[C@@H]2CO)cc1. The Balaban J connectivity index is 1.91. The van der Waals surface area contributed by atoms with Crippen molar-refractivity contribution in [1.29, 1.82) is 0 Å². The van der Waals surface area contributed by atoms with Crippen LogP contribution in [0.15, 0.2) is 24.3 Å². The van der Waals surface area contributed by atoms with E-state index in [0.717, 1.165) is 18.4 Å². The van der Waals surface area contributed by atoms with E-state index in [1.807, 2.05) is 12.1 Å². The topological polar surface area (TPSA) is 69.6 Å². The lowest BCUT2D eigenvalue weighted by molar-refractivity contribution is -0.131. The second kappa shape index (κ2) is 7.13. The summed E-state index contributed by atoms with van der Waals surface area (Å²) in [7, 11) is 0. The Morgan fingerprint density at radius 1 is 1.26 bits per heavy atom. The number of carbonyl (C=O) groups is 2. The molecule has 0 unspecified atom stereocenters. The Bertz CT molecular complexity index is 561. The van der Waals surface area contributed by atoms with Gasteiger partial charge < -0.3 is 15.3 Å². The summed E-state index contributed by atoms with van der Waals surface area (Å²) in [6.45, 7) is 6.96. The Hall–Kier alpha value is -1.88. The Labute approximate surface area is 137 Å². The largest absolute Gasteiger partial charge is 0.394 e. The van der Waals surface area contributed by atoms with Crippen molar-refractivity contribution in [2.45, 2.75) is 45.1 Å². The number of likely N-dealkylation sites (tertiary alicyclic amines) is 1. The molecule has 0 saturated carbocycles. The molecule has 1 aliphatic heterocycles. The molecule has 0 radical (unpaired) electrons. The fraction of sp³-hybridized carbons (Fsp3) is 0.556. The molecular weight excluding hydrogens is 292 g/mol. The van der Waals surface area contributed by atoms with Gasteiger partial charge in [-0.1, -0.05) is 32.9 Å². The van der Waals surface area contributed by atoms with Gasteiger partial charge in [-0.2, -0.15) is 0 Å². The fourth-order valence-corrected chi connectivity index (χ4v) is 2.83. The maximum atomic E-state index is 12.1. The van der Waals surface area contributed by atoms with Crippen LogP contribution in [0.4, 0.5) is 0 Å². The van der Waals surface area contributed by atoms with Crippen LogP contribution in [0.2, 0.25) is 0 Å². The lowest BCUT2D eigenvalue weighted by atomic mass is 9.87. The highest BCUT2D eigenvalue weighted by Crippen LogP contribution is 2.22. The standard InChI is InChI=1S/C18H26N2O3/c1-18(2,3)14-8-6-13(7-9-14)17(23)19-11-16(22)20-10-4-5-15(20)12-21/h6-9,15,21H,4-5,10-12H2,1-3H3,(H,19,23)/t15-/m1/s1. The Morgan fingerprint density at radius 2 is 1.91 bits per heavy atom. The molecule has 126 valence electrons. The minimum Gasteiger partial charge on any atom is -0.394 e. The summed E-state index contributed by atoms with van der Waals surface area (Å²) in [4.78, 5) is 25.9. The summed E-state index contributed by atoms with van der Waals surface area (Å²) in [5, 5.41) is 11.9. The van der Waals surface area contributed by atoms with Gasteiger partial charge in [0.1, 0.15) is 0 Å². The van der Waals surface area contributed by atoms with E-state index in [4.69, 9.17) is 0 Å². The molecule has 1 aliphatic rings. The van der Waals surface area contributed by atoms with E-state index in [2.05, 4.69) is 26.1 Å². The van der Waals surface area contributed by atoms with Gasteiger partial charge in [-0.05, 0) is 36.0 Å². The summed E-state index contributed by atoms with van der Waals surface area (Å²) in [6.07, 6.45) is 1.73. The number of aliphatic hydroxyl groups excluding tert-OH is 1. The first-order valence-electron chi connectivity index (χ1n) is 8.12. The molecular formula is C18H26N2O3. The predicted molar refractivity (Wildman–Crippen MR) is 89.3 cm³/mol. The highest BCUT2D eigenvalue weighted by Gasteiger charge is 2.27. The lowest BCUT2D eigenvalue weighted by Crippen LogP contribution is -2.43. The Kier molecular flexibility index (Phi) is 5.42. The van der Waals surface area contributed by atoms with Crippen molar-refractivity contribution in [3.05, 3.63) is 35.4 Å². The van der Waals surface area contributed by atoms with Crippen LogP contribution < -0.4 is 5.32 Å². The van der Waals surface area contributed by atoms with E-state index in [1.54, 1.807) is 17.0 Å². The number of nitrogens with zero attached hydrogens (tertiary/aromatic N) is 1. The van der Waals surface area contributed by atoms with Crippen molar-refractivity contribution in [1.82, 2.24) is 10.2 Å². The highest BCUT2D eigenvalue weighted by atomic mass is 16.3. The summed E-state index contributed by atoms with van der Waals surface area (Å²) in [6, 6.07) is 7.35. The minimum atomic E-state index is -0.251. The normalized spacial score (nSPS) is 18.1. The van der Waals surface area contributed by atoms with Gasteiger partial charge in [0.05, 0.1) is 19.2 Å². The van der Waals surface area contributed by atoms with Crippen molar-refractivity contribution in [3.63, 3.8) is 0 Å². The first kappa shape index (κ1) is 17.5. The molecule has 1 aromatic carbocycles. The molecule has 5 nitrogen and oxygen atoms in total. The number of carbonyl (C=O) groups excluding carboxylic acids is 2. The van der Waals surface area contributed by atoms with Gasteiger partial charge in [0, 0.05) is 12.1 Å². The fourth-order valence-electron chi connectivity index (χ4n) is 2.83. The third-order valence-electron chi connectivity index (χ3n) is 4.32. The van der Waals surface area contributed by atoms with Gasteiger partial charge in [0.2, 0.25) is 5.91 Å². The average molecular weight is 318 g/mol. The highest BCUT2D eigenvalue weighted by molar-refractivity contribution is 5.96. The molecule has 0 aromatic heterocycles. The van der Waals surface area contributed by atoms with Crippen LogP contribution in [0.1, 0.15) is 49.5 Å². The molecule has 23 heavy (non-hydrogen) atoms. The van der Waals surface area contributed by atoms with Gasteiger partial charge in [-0.25, -0.2) is 0 Å². The minimum absolute atomic E-state index is 0.0199. The zero-order valence-electron chi connectivity index (χ0n) is 14.1.